The van der Waals surface area contributed by atoms with Crippen LogP contribution in [0.4, 0.5) is 22.0 Å². The summed E-state index contributed by atoms with van der Waals surface area (Å²) in [6, 6.07) is 3.23. The third kappa shape index (κ3) is 2.45. The van der Waals surface area contributed by atoms with Crippen LogP contribution in [0.5, 0.6) is 0 Å². The van der Waals surface area contributed by atoms with Crippen LogP contribution in [0.3, 0.4) is 0 Å². The first-order valence-electron chi connectivity index (χ1n) is 4.23. The number of oxime groups is 1. The standard InChI is InChI=1S/C9H7F5N2O/c10-8(11,9(12,13)14)6-3-1-2-5(4-6)7(15)16-17/h1-4,17H,(H2,15,16). The van der Waals surface area contributed by atoms with Gasteiger partial charge in [-0.25, -0.2) is 0 Å². The molecule has 0 radical (unpaired) electrons. The summed E-state index contributed by atoms with van der Waals surface area (Å²) in [5.74, 6) is -5.54. The first kappa shape index (κ1) is 13.2. The van der Waals surface area contributed by atoms with Crippen LogP contribution in [0.2, 0.25) is 0 Å². The van der Waals surface area contributed by atoms with E-state index in [1.54, 1.807) is 0 Å². The van der Waals surface area contributed by atoms with Crippen LogP contribution in [-0.2, 0) is 5.92 Å². The van der Waals surface area contributed by atoms with E-state index < -0.39 is 23.5 Å². The molecule has 0 heterocycles. The Morgan fingerprint density at radius 2 is 1.76 bits per heavy atom. The maximum Gasteiger partial charge on any atom is 0.458 e. The van der Waals surface area contributed by atoms with Gasteiger partial charge in [0.2, 0.25) is 0 Å². The smallest absolute Gasteiger partial charge is 0.409 e. The number of amidine groups is 1. The Kier molecular flexibility index (Phi) is 3.25. The average molecular weight is 254 g/mol. The highest BCUT2D eigenvalue weighted by molar-refractivity contribution is 5.97. The molecule has 1 rings (SSSR count). The van der Waals surface area contributed by atoms with Crippen LogP contribution in [0.1, 0.15) is 11.1 Å². The highest BCUT2D eigenvalue weighted by Crippen LogP contribution is 2.43. The number of nitrogens with zero attached hydrogens (tertiary/aromatic N) is 1. The summed E-state index contributed by atoms with van der Waals surface area (Å²) in [6.45, 7) is 0. The Hall–Kier alpha value is -1.86. The van der Waals surface area contributed by atoms with E-state index in [1.165, 1.54) is 0 Å². The van der Waals surface area contributed by atoms with Crippen molar-refractivity contribution in [2.45, 2.75) is 12.1 Å². The molecule has 0 fully saturated rings. The monoisotopic (exact) mass is 254 g/mol. The lowest BCUT2D eigenvalue weighted by Gasteiger charge is -2.20. The van der Waals surface area contributed by atoms with E-state index >= 15 is 0 Å². The fourth-order valence-electron chi connectivity index (χ4n) is 1.10. The first-order valence-corrected chi connectivity index (χ1v) is 4.23. The molecule has 0 unspecified atom stereocenters. The lowest BCUT2D eigenvalue weighted by Crippen LogP contribution is -2.33. The van der Waals surface area contributed by atoms with E-state index in [0.29, 0.717) is 12.1 Å². The molecule has 1 aromatic carbocycles. The van der Waals surface area contributed by atoms with Crippen LogP contribution in [0.25, 0.3) is 0 Å². The Balaban J connectivity index is 3.25. The minimum Gasteiger partial charge on any atom is -0.409 e. The Morgan fingerprint density at radius 3 is 2.24 bits per heavy atom. The summed E-state index contributed by atoms with van der Waals surface area (Å²) in [5.41, 5.74) is 3.59. The zero-order valence-electron chi connectivity index (χ0n) is 8.17. The van der Waals surface area contributed by atoms with E-state index in [0.717, 1.165) is 12.1 Å². The summed E-state index contributed by atoms with van der Waals surface area (Å²) in [7, 11) is 0. The van der Waals surface area contributed by atoms with Gasteiger partial charge in [0.25, 0.3) is 0 Å². The molecule has 0 aliphatic carbocycles. The van der Waals surface area contributed by atoms with Crippen LogP contribution in [-0.4, -0.2) is 17.2 Å². The summed E-state index contributed by atoms with van der Waals surface area (Å²) in [6.07, 6.45) is -5.70. The molecule has 0 atom stereocenters. The van der Waals surface area contributed by atoms with Gasteiger partial charge in [-0.1, -0.05) is 23.4 Å². The molecular formula is C9H7F5N2O. The zero-order valence-corrected chi connectivity index (χ0v) is 8.17. The number of nitrogens with two attached hydrogens (primary N) is 1. The summed E-state index contributed by atoms with van der Waals surface area (Å²) < 4.78 is 62.1. The van der Waals surface area contributed by atoms with Crippen LogP contribution < -0.4 is 5.73 Å². The van der Waals surface area contributed by atoms with Crippen molar-refractivity contribution in [3.63, 3.8) is 0 Å². The van der Waals surface area contributed by atoms with Gasteiger partial charge in [0.15, 0.2) is 5.84 Å². The molecule has 0 bridgehead atoms. The maximum absolute atomic E-state index is 12.9. The molecule has 0 aliphatic heterocycles. The Bertz CT molecular complexity index is 441. The van der Waals surface area contributed by atoms with E-state index in [-0.39, 0.29) is 5.56 Å². The molecular weight excluding hydrogens is 247 g/mol. The fraction of sp³-hybridized carbons (Fsp3) is 0.222. The summed E-state index contributed by atoms with van der Waals surface area (Å²) in [4.78, 5) is 0. The van der Waals surface area contributed by atoms with Crippen LogP contribution in [0.15, 0.2) is 29.4 Å². The van der Waals surface area contributed by atoms with E-state index in [1.807, 2.05) is 0 Å². The highest BCUT2D eigenvalue weighted by Gasteiger charge is 2.58. The maximum atomic E-state index is 12.9. The van der Waals surface area contributed by atoms with Crippen molar-refractivity contribution in [1.29, 1.82) is 0 Å². The summed E-state index contributed by atoms with van der Waals surface area (Å²) in [5, 5.41) is 10.8. The largest absolute Gasteiger partial charge is 0.458 e. The van der Waals surface area contributed by atoms with E-state index in [9.17, 15) is 22.0 Å². The molecule has 94 valence electrons. The average Bonchev–Trinajstić information content (AvgIpc) is 2.26. The molecule has 8 heteroatoms. The van der Waals surface area contributed by atoms with Crippen molar-refractivity contribution < 1.29 is 27.2 Å². The van der Waals surface area contributed by atoms with Gasteiger partial charge in [0.05, 0.1) is 0 Å². The van der Waals surface area contributed by atoms with Crippen molar-refractivity contribution in [2.24, 2.45) is 10.9 Å². The Morgan fingerprint density at radius 1 is 1.18 bits per heavy atom. The van der Waals surface area contributed by atoms with E-state index in [2.05, 4.69) is 5.16 Å². The molecule has 0 saturated carbocycles. The van der Waals surface area contributed by atoms with Crippen molar-refractivity contribution in [1.82, 2.24) is 0 Å². The van der Waals surface area contributed by atoms with Gasteiger partial charge in [-0.05, 0) is 6.07 Å². The molecule has 3 N–H and O–H groups in total. The molecule has 3 nitrogen and oxygen atoms in total. The van der Waals surface area contributed by atoms with E-state index in [4.69, 9.17) is 10.9 Å². The third-order valence-electron chi connectivity index (χ3n) is 1.98. The molecule has 1 aromatic rings. The number of alkyl halides is 5. The summed E-state index contributed by atoms with van der Waals surface area (Å²) >= 11 is 0. The molecule has 0 aromatic heterocycles. The van der Waals surface area contributed by atoms with Gasteiger partial charge in [-0.2, -0.15) is 22.0 Å². The number of benzene rings is 1. The van der Waals surface area contributed by atoms with Gasteiger partial charge in [0.1, 0.15) is 0 Å². The molecule has 0 spiro atoms. The molecule has 0 saturated heterocycles. The minimum absolute atomic E-state index is 0.228. The van der Waals surface area contributed by atoms with Crippen molar-refractivity contribution in [3.05, 3.63) is 35.4 Å². The normalized spacial score (nSPS) is 13.8. The topological polar surface area (TPSA) is 58.6 Å². The molecule has 17 heavy (non-hydrogen) atoms. The zero-order chi connectivity index (χ0) is 13.3. The first-order chi connectivity index (χ1) is 7.70. The number of halogens is 5. The molecule has 0 aliphatic rings. The van der Waals surface area contributed by atoms with Gasteiger partial charge >= 0.3 is 12.1 Å². The fourth-order valence-corrected chi connectivity index (χ4v) is 1.10. The van der Waals surface area contributed by atoms with Crippen molar-refractivity contribution in [2.75, 3.05) is 0 Å². The van der Waals surface area contributed by atoms with Crippen LogP contribution in [0, 0.1) is 0 Å². The number of hydrogen-bond donors (Lipinski definition) is 2. The second-order valence-electron chi connectivity index (χ2n) is 3.14. The van der Waals surface area contributed by atoms with Crippen LogP contribution >= 0.6 is 0 Å². The van der Waals surface area contributed by atoms with Crippen molar-refractivity contribution in [3.8, 4) is 0 Å². The molecule has 0 amide bonds. The predicted octanol–water partition coefficient (Wildman–Crippen LogP) is 2.44. The highest BCUT2D eigenvalue weighted by atomic mass is 19.4. The number of hydrogen-bond acceptors (Lipinski definition) is 2. The Labute approximate surface area is 92.3 Å². The second-order valence-corrected chi connectivity index (χ2v) is 3.14. The SMILES string of the molecule is NC(=NO)c1cccc(C(F)(F)C(F)(F)F)c1. The predicted molar refractivity (Wildman–Crippen MR) is 48.9 cm³/mol. The second kappa shape index (κ2) is 4.19. The lowest BCUT2D eigenvalue weighted by molar-refractivity contribution is -0.289. The van der Waals surface area contributed by atoms with Crippen molar-refractivity contribution >= 4 is 5.84 Å². The van der Waals surface area contributed by atoms with Gasteiger partial charge in [-0.15, -0.1) is 0 Å². The van der Waals surface area contributed by atoms with Gasteiger partial charge in [-0.3, -0.25) is 0 Å². The van der Waals surface area contributed by atoms with Gasteiger partial charge < -0.3 is 10.9 Å². The number of rotatable bonds is 2. The third-order valence-corrected chi connectivity index (χ3v) is 1.98. The minimum atomic E-state index is -5.70. The lowest BCUT2D eigenvalue weighted by atomic mass is 10.0. The van der Waals surface area contributed by atoms with Gasteiger partial charge in [0, 0.05) is 11.1 Å². The quantitative estimate of drug-likeness (QED) is 0.280.